The predicted octanol–water partition coefficient (Wildman–Crippen LogP) is 4.66. The maximum Gasteiger partial charge on any atom is 0.244 e. The van der Waals surface area contributed by atoms with Gasteiger partial charge in [-0.2, -0.15) is 4.31 Å². The number of aryl methyl sites for hydroxylation is 1. The van der Waals surface area contributed by atoms with Crippen LogP contribution in [0.1, 0.15) is 29.2 Å². The lowest BCUT2D eigenvalue weighted by atomic mass is 10.1. The molecule has 9 heteroatoms. The fourth-order valence-corrected chi connectivity index (χ4v) is 6.23. The normalized spacial score (nSPS) is 15.1. The summed E-state index contributed by atoms with van der Waals surface area (Å²) in [5.41, 5.74) is 2.40. The molecule has 0 unspecified atom stereocenters. The maximum atomic E-state index is 13.4. The number of nitrogens with one attached hydrogen (secondary N) is 1. The number of benzene rings is 2. The number of carbonyl (C=O) groups excluding carboxylic acids is 1. The van der Waals surface area contributed by atoms with Crippen LogP contribution in [0.5, 0.6) is 5.75 Å². The van der Waals surface area contributed by atoms with Crippen molar-refractivity contribution in [2.24, 2.45) is 0 Å². The zero-order valence-electron chi connectivity index (χ0n) is 19.1. The van der Waals surface area contributed by atoms with Crippen molar-refractivity contribution >= 4 is 33.4 Å². The van der Waals surface area contributed by atoms with E-state index in [9.17, 15) is 13.2 Å². The van der Waals surface area contributed by atoms with Gasteiger partial charge in [-0.15, -0.1) is 0 Å². The van der Waals surface area contributed by atoms with E-state index in [0.29, 0.717) is 29.6 Å². The highest BCUT2D eigenvalue weighted by Gasteiger charge is 2.28. The summed E-state index contributed by atoms with van der Waals surface area (Å²) in [5.74, 6) is 0.348. The third-order valence-corrected chi connectivity index (χ3v) is 8.69. The fraction of sp³-hybridized carbons (Fsp3) is 0.280. The second-order valence-corrected chi connectivity index (χ2v) is 11.1. The first kappa shape index (κ1) is 24.3. The van der Waals surface area contributed by atoms with Crippen molar-refractivity contribution in [3.05, 3.63) is 78.0 Å². The van der Waals surface area contributed by atoms with E-state index < -0.39 is 15.3 Å². The Labute approximate surface area is 204 Å². The van der Waals surface area contributed by atoms with Crippen molar-refractivity contribution in [2.45, 2.75) is 34.9 Å². The number of methoxy groups -OCH3 is 1. The Kier molecular flexibility index (Phi) is 7.55. The predicted molar refractivity (Wildman–Crippen MR) is 134 cm³/mol. The SMILES string of the molecule is COc1ccc(C)cc1NC(=O)[C@H](Sc1ccc(S(=O)(=O)N2CCCC2)cn1)c1ccccc1. The zero-order valence-corrected chi connectivity index (χ0v) is 20.7. The van der Waals surface area contributed by atoms with E-state index >= 15 is 0 Å². The molecule has 1 amide bonds. The number of nitrogens with zero attached hydrogens (tertiary/aromatic N) is 2. The minimum atomic E-state index is -3.54. The van der Waals surface area contributed by atoms with Crippen LogP contribution in [0.3, 0.4) is 0 Å². The molecule has 0 radical (unpaired) electrons. The smallest absolute Gasteiger partial charge is 0.244 e. The van der Waals surface area contributed by atoms with Gasteiger partial charge in [0.25, 0.3) is 0 Å². The molecule has 2 heterocycles. The molecule has 7 nitrogen and oxygen atoms in total. The molecule has 1 aromatic heterocycles. The molecule has 1 aliphatic rings. The van der Waals surface area contributed by atoms with Gasteiger partial charge in [-0.05, 0) is 55.2 Å². The molecule has 0 aliphatic carbocycles. The summed E-state index contributed by atoms with van der Waals surface area (Å²) in [6, 6.07) is 18.2. The summed E-state index contributed by atoms with van der Waals surface area (Å²) in [6.45, 7) is 3.02. The topological polar surface area (TPSA) is 88.6 Å². The molecule has 0 bridgehead atoms. The van der Waals surface area contributed by atoms with Crippen LogP contribution >= 0.6 is 11.8 Å². The Morgan fingerprint density at radius 1 is 1.09 bits per heavy atom. The summed E-state index contributed by atoms with van der Waals surface area (Å²) >= 11 is 1.27. The Balaban J connectivity index is 1.58. The summed E-state index contributed by atoms with van der Waals surface area (Å²) in [7, 11) is -1.98. The Bertz CT molecular complexity index is 1240. The highest BCUT2D eigenvalue weighted by Crippen LogP contribution is 2.37. The quantitative estimate of drug-likeness (QED) is 0.456. The number of anilines is 1. The molecule has 3 aromatic rings. The number of aromatic nitrogens is 1. The number of rotatable bonds is 8. The van der Waals surface area contributed by atoms with Crippen molar-refractivity contribution in [3.8, 4) is 5.75 Å². The van der Waals surface area contributed by atoms with Gasteiger partial charge in [0, 0.05) is 19.3 Å². The van der Waals surface area contributed by atoms with Gasteiger partial charge in [-0.1, -0.05) is 48.2 Å². The van der Waals surface area contributed by atoms with Crippen LogP contribution in [0.4, 0.5) is 5.69 Å². The van der Waals surface area contributed by atoms with Gasteiger partial charge in [0.15, 0.2) is 0 Å². The molecule has 1 N–H and O–H groups in total. The monoisotopic (exact) mass is 497 g/mol. The van der Waals surface area contributed by atoms with Gasteiger partial charge in [0.05, 0.1) is 17.8 Å². The van der Waals surface area contributed by atoms with Crippen LogP contribution in [0.2, 0.25) is 0 Å². The van der Waals surface area contributed by atoms with Crippen molar-refractivity contribution in [2.75, 3.05) is 25.5 Å². The number of amides is 1. The second-order valence-electron chi connectivity index (χ2n) is 8.04. The Hall–Kier alpha value is -2.88. The van der Waals surface area contributed by atoms with E-state index in [1.54, 1.807) is 19.2 Å². The molecular weight excluding hydrogens is 470 g/mol. The molecule has 4 rings (SSSR count). The lowest BCUT2D eigenvalue weighted by Gasteiger charge is -2.19. The van der Waals surface area contributed by atoms with Gasteiger partial charge in [-0.25, -0.2) is 13.4 Å². The van der Waals surface area contributed by atoms with Gasteiger partial charge >= 0.3 is 0 Å². The molecule has 34 heavy (non-hydrogen) atoms. The van der Waals surface area contributed by atoms with E-state index in [0.717, 1.165) is 24.0 Å². The van der Waals surface area contributed by atoms with Gasteiger partial charge in [0.2, 0.25) is 15.9 Å². The maximum absolute atomic E-state index is 13.4. The average Bonchev–Trinajstić information content (AvgIpc) is 3.40. The second kappa shape index (κ2) is 10.6. The minimum absolute atomic E-state index is 0.170. The van der Waals surface area contributed by atoms with Gasteiger partial charge in [-0.3, -0.25) is 4.79 Å². The molecule has 1 aliphatic heterocycles. The van der Waals surface area contributed by atoms with Gasteiger partial charge in [0.1, 0.15) is 15.9 Å². The lowest BCUT2D eigenvalue weighted by molar-refractivity contribution is -0.115. The Morgan fingerprint density at radius 3 is 2.47 bits per heavy atom. The zero-order chi connectivity index (χ0) is 24.1. The van der Waals surface area contributed by atoms with Crippen LogP contribution in [0.15, 0.2) is 76.8 Å². The molecule has 178 valence electrons. The van der Waals surface area contributed by atoms with Crippen LogP contribution in [-0.2, 0) is 14.8 Å². The van der Waals surface area contributed by atoms with E-state index in [-0.39, 0.29) is 10.8 Å². The highest BCUT2D eigenvalue weighted by molar-refractivity contribution is 8.00. The standard InChI is InChI=1S/C25H27N3O4S2/c1-18-10-12-22(32-2)21(16-18)27-25(29)24(19-8-4-3-5-9-19)33-23-13-11-20(17-26-23)34(30,31)28-14-6-7-15-28/h3-5,8-13,16-17,24H,6-7,14-15H2,1-2H3,(H,27,29)/t24-/m1/s1. The largest absolute Gasteiger partial charge is 0.495 e. The van der Waals surface area contributed by atoms with Crippen LogP contribution < -0.4 is 10.1 Å². The molecule has 1 fully saturated rings. The average molecular weight is 498 g/mol. The number of thioether (sulfide) groups is 1. The fourth-order valence-electron chi connectivity index (χ4n) is 3.81. The molecule has 2 aromatic carbocycles. The number of ether oxygens (including phenoxy) is 1. The van der Waals surface area contributed by atoms with E-state index in [1.165, 1.54) is 22.3 Å². The number of hydrogen-bond acceptors (Lipinski definition) is 6. The van der Waals surface area contributed by atoms with Crippen molar-refractivity contribution < 1.29 is 17.9 Å². The molecule has 1 saturated heterocycles. The molecular formula is C25H27N3O4S2. The minimum Gasteiger partial charge on any atom is -0.495 e. The van der Waals surface area contributed by atoms with E-state index in [2.05, 4.69) is 10.3 Å². The molecule has 0 spiro atoms. The van der Waals surface area contributed by atoms with E-state index in [1.807, 2.05) is 55.5 Å². The molecule has 0 saturated carbocycles. The van der Waals surface area contributed by atoms with Crippen LogP contribution in [0.25, 0.3) is 0 Å². The highest BCUT2D eigenvalue weighted by atomic mass is 32.2. The lowest BCUT2D eigenvalue weighted by Crippen LogP contribution is -2.27. The van der Waals surface area contributed by atoms with Gasteiger partial charge < -0.3 is 10.1 Å². The third-order valence-electron chi connectivity index (χ3n) is 5.60. The molecule has 1 atom stereocenters. The third kappa shape index (κ3) is 5.43. The number of pyridine rings is 1. The first-order valence-electron chi connectivity index (χ1n) is 11.0. The van der Waals surface area contributed by atoms with Crippen LogP contribution in [-0.4, -0.2) is 43.8 Å². The Morgan fingerprint density at radius 2 is 1.82 bits per heavy atom. The first-order chi connectivity index (χ1) is 16.4. The van der Waals surface area contributed by atoms with Crippen molar-refractivity contribution in [1.29, 1.82) is 0 Å². The number of carbonyl (C=O) groups is 1. The van der Waals surface area contributed by atoms with Crippen LogP contribution in [0, 0.1) is 6.92 Å². The summed E-state index contributed by atoms with van der Waals surface area (Å²) < 4.78 is 32.5. The summed E-state index contributed by atoms with van der Waals surface area (Å²) in [5, 5.41) is 2.94. The summed E-state index contributed by atoms with van der Waals surface area (Å²) in [6.07, 6.45) is 3.12. The van der Waals surface area contributed by atoms with Crippen molar-refractivity contribution in [1.82, 2.24) is 9.29 Å². The summed E-state index contributed by atoms with van der Waals surface area (Å²) in [4.78, 5) is 17.9. The van der Waals surface area contributed by atoms with E-state index in [4.69, 9.17) is 4.74 Å². The first-order valence-corrected chi connectivity index (χ1v) is 13.3. The van der Waals surface area contributed by atoms with Crippen molar-refractivity contribution in [3.63, 3.8) is 0 Å². The number of hydrogen-bond donors (Lipinski definition) is 1. The number of sulfonamides is 1.